The van der Waals surface area contributed by atoms with Crippen LogP contribution in [-0.2, 0) is 24.8 Å². The molecular weight excluding hydrogens is 250 g/mol. The molecular formula is C16H17N3O. The number of H-pyrrole nitrogens is 1. The van der Waals surface area contributed by atoms with E-state index in [1.165, 1.54) is 0 Å². The third kappa shape index (κ3) is 2.45. The number of carbonyl (C=O) groups excluding carboxylic acids is 1. The molecule has 2 N–H and O–H groups in total. The Hall–Kier alpha value is -2.49. The van der Waals surface area contributed by atoms with Crippen molar-refractivity contribution in [2.75, 3.05) is 0 Å². The summed E-state index contributed by atoms with van der Waals surface area (Å²) >= 11 is 0. The second kappa shape index (κ2) is 5.25. The highest BCUT2D eigenvalue weighted by Crippen LogP contribution is 2.17. The molecule has 20 heavy (non-hydrogen) atoms. The van der Waals surface area contributed by atoms with Gasteiger partial charge in [-0.3, -0.25) is 4.79 Å². The zero-order chi connectivity index (χ0) is 13.9. The fourth-order valence-electron chi connectivity index (χ4n) is 2.38. The fourth-order valence-corrected chi connectivity index (χ4v) is 2.38. The van der Waals surface area contributed by atoms with E-state index in [1.807, 2.05) is 60.4 Å². The number of rotatable bonds is 4. The van der Waals surface area contributed by atoms with Crippen LogP contribution < -0.4 is 5.32 Å². The van der Waals surface area contributed by atoms with E-state index in [1.54, 1.807) is 0 Å². The highest BCUT2D eigenvalue weighted by molar-refractivity contribution is 5.88. The van der Waals surface area contributed by atoms with E-state index in [4.69, 9.17) is 0 Å². The third-order valence-electron chi connectivity index (χ3n) is 3.54. The molecule has 2 heterocycles. The second-order valence-electron chi connectivity index (χ2n) is 4.92. The van der Waals surface area contributed by atoms with Gasteiger partial charge in [0, 0.05) is 36.0 Å². The number of fused-ring (bicyclic) bond motifs is 1. The summed E-state index contributed by atoms with van der Waals surface area (Å²) in [6.07, 6.45) is 4.28. The number of carbonyl (C=O) groups is 1. The molecule has 0 fully saturated rings. The number of amides is 1. The van der Waals surface area contributed by atoms with Crippen LogP contribution >= 0.6 is 0 Å². The van der Waals surface area contributed by atoms with Crippen LogP contribution in [0, 0.1) is 0 Å². The highest BCUT2D eigenvalue weighted by Gasteiger charge is 2.08. The average Bonchev–Trinajstić information content (AvgIpc) is 3.04. The lowest BCUT2D eigenvalue weighted by Gasteiger charge is -2.06. The van der Waals surface area contributed by atoms with Gasteiger partial charge in [0.2, 0.25) is 5.91 Å². The molecule has 0 atom stereocenters. The molecule has 0 saturated carbocycles. The van der Waals surface area contributed by atoms with Gasteiger partial charge in [-0.15, -0.1) is 0 Å². The SMILES string of the molecule is Cn1cccc1CNC(=O)Cc1c[nH]c2ccccc12. The van der Waals surface area contributed by atoms with Crippen LogP contribution in [0.15, 0.2) is 48.8 Å². The largest absolute Gasteiger partial charge is 0.361 e. The molecule has 0 unspecified atom stereocenters. The summed E-state index contributed by atoms with van der Waals surface area (Å²) in [4.78, 5) is 15.2. The smallest absolute Gasteiger partial charge is 0.224 e. The van der Waals surface area contributed by atoms with Gasteiger partial charge >= 0.3 is 0 Å². The minimum absolute atomic E-state index is 0.0379. The summed E-state index contributed by atoms with van der Waals surface area (Å²) in [5.41, 5.74) is 3.19. The van der Waals surface area contributed by atoms with Gasteiger partial charge in [-0.05, 0) is 23.8 Å². The van der Waals surface area contributed by atoms with Crippen LogP contribution in [0.25, 0.3) is 10.9 Å². The summed E-state index contributed by atoms with van der Waals surface area (Å²) in [5.74, 6) is 0.0379. The van der Waals surface area contributed by atoms with Crippen LogP contribution in [0.3, 0.4) is 0 Å². The summed E-state index contributed by atoms with van der Waals surface area (Å²) in [6, 6.07) is 12.0. The number of para-hydroxylation sites is 1. The number of aryl methyl sites for hydroxylation is 1. The van der Waals surface area contributed by atoms with E-state index in [9.17, 15) is 4.79 Å². The standard InChI is InChI=1S/C16H17N3O/c1-19-8-4-5-13(19)11-18-16(20)9-12-10-17-15-7-3-2-6-14(12)15/h2-8,10,17H,9,11H2,1H3,(H,18,20). The molecule has 0 aliphatic rings. The fraction of sp³-hybridized carbons (Fsp3) is 0.188. The van der Waals surface area contributed by atoms with Crippen LogP contribution in [-0.4, -0.2) is 15.5 Å². The molecule has 0 spiro atoms. The zero-order valence-corrected chi connectivity index (χ0v) is 11.4. The predicted molar refractivity (Wildman–Crippen MR) is 79.3 cm³/mol. The minimum Gasteiger partial charge on any atom is -0.361 e. The van der Waals surface area contributed by atoms with E-state index < -0.39 is 0 Å². The zero-order valence-electron chi connectivity index (χ0n) is 11.4. The maximum absolute atomic E-state index is 12.0. The summed E-state index contributed by atoms with van der Waals surface area (Å²) < 4.78 is 2.01. The van der Waals surface area contributed by atoms with Crippen LogP contribution in [0.1, 0.15) is 11.3 Å². The number of nitrogens with one attached hydrogen (secondary N) is 2. The van der Waals surface area contributed by atoms with Gasteiger partial charge in [0.25, 0.3) is 0 Å². The van der Waals surface area contributed by atoms with Crippen molar-refractivity contribution in [3.8, 4) is 0 Å². The van der Waals surface area contributed by atoms with Gasteiger partial charge in [0.05, 0.1) is 13.0 Å². The first kappa shape index (κ1) is 12.5. The van der Waals surface area contributed by atoms with Gasteiger partial charge in [-0.25, -0.2) is 0 Å². The number of hydrogen-bond acceptors (Lipinski definition) is 1. The Morgan fingerprint density at radius 1 is 1.25 bits per heavy atom. The summed E-state index contributed by atoms with van der Waals surface area (Å²) in [6.45, 7) is 0.560. The molecule has 0 aliphatic heterocycles. The van der Waals surface area contributed by atoms with E-state index >= 15 is 0 Å². The van der Waals surface area contributed by atoms with Crippen molar-refractivity contribution in [3.05, 3.63) is 60.0 Å². The molecule has 2 aromatic heterocycles. The third-order valence-corrected chi connectivity index (χ3v) is 3.54. The Kier molecular flexibility index (Phi) is 3.29. The molecule has 3 aromatic rings. The Bertz CT molecular complexity index is 739. The van der Waals surface area contributed by atoms with Crippen molar-refractivity contribution in [1.82, 2.24) is 14.9 Å². The lowest BCUT2D eigenvalue weighted by atomic mass is 10.1. The quantitative estimate of drug-likeness (QED) is 0.749. The molecule has 0 aliphatic carbocycles. The van der Waals surface area contributed by atoms with Crippen LogP contribution in [0.5, 0.6) is 0 Å². The number of hydrogen-bond donors (Lipinski definition) is 2. The monoisotopic (exact) mass is 267 g/mol. The lowest BCUT2D eigenvalue weighted by molar-refractivity contribution is -0.120. The van der Waals surface area contributed by atoms with Gasteiger partial charge < -0.3 is 14.9 Å². The Morgan fingerprint density at radius 3 is 2.90 bits per heavy atom. The molecule has 1 aromatic carbocycles. The number of benzene rings is 1. The lowest BCUT2D eigenvalue weighted by Crippen LogP contribution is -2.25. The summed E-state index contributed by atoms with van der Waals surface area (Å²) in [5, 5.41) is 4.07. The maximum atomic E-state index is 12.0. The van der Waals surface area contributed by atoms with E-state index in [0.717, 1.165) is 22.2 Å². The average molecular weight is 267 g/mol. The van der Waals surface area contributed by atoms with E-state index in [0.29, 0.717) is 13.0 Å². The Morgan fingerprint density at radius 2 is 2.10 bits per heavy atom. The van der Waals surface area contributed by atoms with Gasteiger partial charge in [-0.2, -0.15) is 0 Å². The predicted octanol–water partition coefficient (Wildman–Crippen LogP) is 2.37. The number of aromatic amines is 1. The molecule has 1 amide bonds. The highest BCUT2D eigenvalue weighted by atomic mass is 16.1. The normalized spacial score (nSPS) is 10.8. The molecule has 102 valence electrons. The number of nitrogens with zero attached hydrogens (tertiary/aromatic N) is 1. The molecule has 3 rings (SSSR count). The van der Waals surface area contributed by atoms with Crippen LogP contribution in [0.2, 0.25) is 0 Å². The molecule has 0 saturated heterocycles. The van der Waals surface area contributed by atoms with Crippen molar-refractivity contribution in [1.29, 1.82) is 0 Å². The Labute approximate surface area is 117 Å². The van der Waals surface area contributed by atoms with Gasteiger partial charge in [0.15, 0.2) is 0 Å². The van der Waals surface area contributed by atoms with Gasteiger partial charge in [0.1, 0.15) is 0 Å². The minimum atomic E-state index is 0.0379. The van der Waals surface area contributed by atoms with E-state index in [2.05, 4.69) is 10.3 Å². The van der Waals surface area contributed by atoms with Crippen molar-refractivity contribution < 1.29 is 4.79 Å². The first-order valence-electron chi connectivity index (χ1n) is 6.66. The van der Waals surface area contributed by atoms with Gasteiger partial charge in [-0.1, -0.05) is 18.2 Å². The topological polar surface area (TPSA) is 49.8 Å². The first-order valence-corrected chi connectivity index (χ1v) is 6.66. The first-order chi connectivity index (χ1) is 9.74. The number of aromatic nitrogens is 2. The van der Waals surface area contributed by atoms with Crippen molar-refractivity contribution in [2.24, 2.45) is 7.05 Å². The van der Waals surface area contributed by atoms with Crippen LogP contribution in [0.4, 0.5) is 0 Å². The van der Waals surface area contributed by atoms with Crippen molar-refractivity contribution in [2.45, 2.75) is 13.0 Å². The second-order valence-corrected chi connectivity index (χ2v) is 4.92. The molecule has 4 heteroatoms. The molecule has 0 radical (unpaired) electrons. The molecule has 4 nitrogen and oxygen atoms in total. The maximum Gasteiger partial charge on any atom is 0.224 e. The molecule has 0 bridgehead atoms. The Balaban J connectivity index is 1.66. The summed E-state index contributed by atoms with van der Waals surface area (Å²) in [7, 11) is 1.97. The van der Waals surface area contributed by atoms with E-state index in [-0.39, 0.29) is 5.91 Å². The van der Waals surface area contributed by atoms with Crippen molar-refractivity contribution >= 4 is 16.8 Å². The van der Waals surface area contributed by atoms with Crippen molar-refractivity contribution in [3.63, 3.8) is 0 Å².